The van der Waals surface area contributed by atoms with E-state index < -0.39 is 30.6 Å². The van der Waals surface area contributed by atoms with Gasteiger partial charge in [0, 0.05) is 13.7 Å². The third kappa shape index (κ3) is 3.37. The summed E-state index contributed by atoms with van der Waals surface area (Å²) in [6.07, 6.45) is -3.75. The van der Waals surface area contributed by atoms with Crippen molar-refractivity contribution in [2.24, 2.45) is 5.92 Å². The highest BCUT2D eigenvalue weighted by Crippen LogP contribution is 2.59. The van der Waals surface area contributed by atoms with Gasteiger partial charge in [-0.15, -0.1) is 0 Å². The molecule has 6 unspecified atom stereocenters. The molecule has 1 N–H and O–H groups in total. The molecule has 3 aliphatic rings. The standard InChI is InChI=1S/C15H23F3O5/c1-13(10(23-13)4-6-21-8-15(16,17)18)12-11(20-2)9(19)3-5-14(12)7-22-14/h9-12,19H,3-8H2,1-2H3. The van der Waals surface area contributed by atoms with Crippen LogP contribution in [-0.4, -0.2) is 67.7 Å². The Kier molecular flexibility index (Phi) is 4.42. The maximum absolute atomic E-state index is 12.1. The van der Waals surface area contributed by atoms with Crippen molar-refractivity contribution >= 4 is 0 Å². The molecule has 6 atom stereocenters. The number of ether oxygens (including phenoxy) is 4. The zero-order chi connectivity index (χ0) is 16.9. The summed E-state index contributed by atoms with van der Waals surface area (Å²) >= 11 is 0. The van der Waals surface area contributed by atoms with E-state index in [0.29, 0.717) is 19.4 Å². The molecule has 5 nitrogen and oxygen atoms in total. The van der Waals surface area contributed by atoms with E-state index in [4.69, 9.17) is 14.2 Å². The van der Waals surface area contributed by atoms with Crippen LogP contribution in [0.3, 0.4) is 0 Å². The topological polar surface area (TPSA) is 63.8 Å². The molecule has 0 aromatic rings. The van der Waals surface area contributed by atoms with Crippen molar-refractivity contribution in [2.75, 3.05) is 26.9 Å². The Morgan fingerprint density at radius 2 is 2.04 bits per heavy atom. The number of alkyl halides is 3. The fourth-order valence-corrected chi connectivity index (χ4v) is 4.06. The average Bonchev–Trinajstić information content (AvgIpc) is 3.36. The summed E-state index contributed by atoms with van der Waals surface area (Å²) in [7, 11) is 1.55. The largest absolute Gasteiger partial charge is 0.411 e. The summed E-state index contributed by atoms with van der Waals surface area (Å²) in [6, 6.07) is 0. The van der Waals surface area contributed by atoms with Gasteiger partial charge in [0.15, 0.2) is 0 Å². The smallest absolute Gasteiger partial charge is 0.390 e. The minimum absolute atomic E-state index is 0.0133. The van der Waals surface area contributed by atoms with Gasteiger partial charge in [-0.05, 0) is 26.2 Å². The van der Waals surface area contributed by atoms with Gasteiger partial charge < -0.3 is 24.1 Å². The number of aliphatic hydroxyl groups is 1. The van der Waals surface area contributed by atoms with Crippen molar-refractivity contribution in [3.8, 4) is 0 Å². The van der Waals surface area contributed by atoms with E-state index >= 15 is 0 Å². The Labute approximate surface area is 133 Å². The lowest BCUT2D eigenvalue weighted by Crippen LogP contribution is -2.54. The molecule has 8 heteroatoms. The monoisotopic (exact) mass is 340 g/mol. The molecule has 0 aromatic heterocycles. The first-order valence-electron chi connectivity index (χ1n) is 7.89. The maximum atomic E-state index is 12.1. The lowest BCUT2D eigenvalue weighted by molar-refractivity contribution is -0.174. The maximum Gasteiger partial charge on any atom is 0.411 e. The van der Waals surface area contributed by atoms with Gasteiger partial charge in [-0.1, -0.05) is 0 Å². The number of hydrogen-bond acceptors (Lipinski definition) is 5. The van der Waals surface area contributed by atoms with Crippen LogP contribution in [-0.2, 0) is 18.9 Å². The van der Waals surface area contributed by atoms with E-state index in [1.54, 1.807) is 7.11 Å². The second kappa shape index (κ2) is 5.84. The second-order valence-corrected chi connectivity index (χ2v) is 6.88. The highest BCUT2D eigenvalue weighted by atomic mass is 19.4. The van der Waals surface area contributed by atoms with Crippen molar-refractivity contribution in [1.29, 1.82) is 0 Å². The van der Waals surface area contributed by atoms with E-state index in [0.717, 1.165) is 6.42 Å². The van der Waals surface area contributed by atoms with E-state index in [2.05, 4.69) is 4.74 Å². The molecular weight excluding hydrogens is 317 g/mol. The lowest BCUT2D eigenvalue weighted by Gasteiger charge is -2.41. The molecule has 0 radical (unpaired) electrons. The first-order chi connectivity index (χ1) is 10.7. The second-order valence-electron chi connectivity index (χ2n) is 6.88. The summed E-state index contributed by atoms with van der Waals surface area (Å²) in [5.41, 5.74) is -0.879. The molecule has 2 heterocycles. The molecule has 3 rings (SSSR count). The fourth-order valence-electron chi connectivity index (χ4n) is 4.06. The zero-order valence-corrected chi connectivity index (χ0v) is 13.3. The van der Waals surface area contributed by atoms with Crippen molar-refractivity contribution in [1.82, 2.24) is 0 Å². The quantitative estimate of drug-likeness (QED) is 0.589. The minimum Gasteiger partial charge on any atom is -0.390 e. The lowest BCUT2D eigenvalue weighted by atomic mass is 9.68. The normalized spacial score (nSPS) is 46.2. The van der Waals surface area contributed by atoms with Crippen LogP contribution < -0.4 is 0 Å². The SMILES string of the molecule is COC1C(O)CCC2(CO2)C1C1(C)OC1CCOCC(F)(F)F. The van der Waals surface area contributed by atoms with Gasteiger partial charge in [0.05, 0.1) is 36.4 Å². The van der Waals surface area contributed by atoms with Crippen LogP contribution >= 0.6 is 0 Å². The third-order valence-electron chi connectivity index (χ3n) is 5.31. The van der Waals surface area contributed by atoms with Crippen LogP contribution in [0.15, 0.2) is 0 Å². The Morgan fingerprint density at radius 3 is 2.61 bits per heavy atom. The van der Waals surface area contributed by atoms with E-state index in [-0.39, 0.29) is 24.2 Å². The van der Waals surface area contributed by atoms with E-state index in [9.17, 15) is 18.3 Å². The summed E-state index contributed by atoms with van der Waals surface area (Å²) in [5, 5.41) is 10.2. The molecule has 0 amide bonds. The number of aliphatic hydroxyl groups excluding tert-OH is 1. The van der Waals surface area contributed by atoms with Gasteiger partial charge >= 0.3 is 6.18 Å². The molecule has 0 aromatic carbocycles. The predicted octanol–water partition coefficient (Wildman–Crippen LogP) is 1.67. The Morgan fingerprint density at radius 1 is 1.35 bits per heavy atom. The fraction of sp³-hybridized carbons (Fsp3) is 1.00. The first-order valence-corrected chi connectivity index (χ1v) is 7.89. The predicted molar refractivity (Wildman–Crippen MR) is 73.0 cm³/mol. The van der Waals surface area contributed by atoms with Crippen molar-refractivity contribution < 1.29 is 37.2 Å². The van der Waals surface area contributed by atoms with Gasteiger partial charge in [0.1, 0.15) is 12.2 Å². The molecule has 1 saturated carbocycles. The Bertz CT molecular complexity index is 439. The number of halogens is 3. The van der Waals surface area contributed by atoms with Gasteiger partial charge in [-0.3, -0.25) is 0 Å². The van der Waals surface area contributed by atoms with Crippen LogP contribution in [0.25, 0.3) is 0 Å². The summed E-state index contributed by atoms with van der Waals surface area (Å²) in [6.45, 7) is 1.27. The summed E-state index contributed by atoms with van der Waals surface area (Å²) < 4.78 is 57.8. The first kappa shape index (κ1) is 17.4. The van der Waals surface area contributed by atoms with Crippen molar-refractivity contribution in [2.45, 2.75) is 61.9 Å². The molecule has 1 aliphatic carbocycles. The number of hydrogen-bond donors (Lipinski definition) is 1. The number of epoxide rings is 2. The Balaban J connectivity index is 1.57. The molecule has 2 aliphatic heterocycles. The molecule has 3 fully saturated rings. The van der Waals surface area contributed by atoms with Crippen LogP contribution in [0.4, 0.5) is 13.2 Å². The molecule has 1 spiro atoms. The van der Waals surface area contributed by atoms with Gasteiger partial charge in [-0.25, -0.2) is 0 Å². The van der Waals surface area contributed by atoms with E-state index in [1.165, 1.54) is 0 Å². The molecular formula is C15H23F3O5. The van der Waals surface area contributed by atoms with E-state index in [1.807, 2.05) is 6.92 Å². The zero-order valence-electron chi connectivity index (χ0n) is 13.3. The summed E-state index contributed by atoms with van der Waals surface area (Å²) in [5.74, 6) is -0.128. The van der Waals surface area contributed by atoms with Crippen LogP contribution in [0.1, 0.15) is 26.2 Å². The van der Waals surface area contributed by atoms with Gasteiger partial charge in [0.25, 0.3) is 0 Å². The molecule has 23 heavy (non-hydrogen) atoms. The van der Waals surface area contributed by atoms with Crippen molar-refractivity contribution in [3.05, 3.63) is 0 Å². The minimum atomic E-state index is -4.31. The van der Waals surface area contributed by atoms with Gasteiger partial charge in [0.2, 0.25) is 0 Å². The third-order valence-corrected chi connectivity index (χ3v) is 5.31. The molecule has 2 saturated heterocycles. The van der Waals surface area contributed by atoms with Crippen molar-refractivity contribution in [3.63, 3.8) is 0 Å². The highest BCUT2D eigenvalue weighted by molar-refractivity contribution is 5.19. The van der Waals surface area contributed by atoms with Crippen LogP contribution in [0, 0.1) is 5.92 Å². The molecule has 134 valence electrons. The molecule has 0 bridgehead atoms. The van der Waals surface area contributed by atoms with Crippen LogP contribution in [0.2, 0.25) is 0 Å². The van der Waals surface area contributed by atoms with Gasteiger partial charge in [-0.2, -0.15) is 13.2 Å². The number of methoxy groups -OCH3 is 1. The number of rotatable bonds is 6. The highest BCUT2D eigenvalue weighted by Gasteiger charge is 2.71. The summed E-state index contributed by atoms with van der Waals surface area (Å²) in [4.78, 5) is 0. The van der Waals surface area contributed by atoms with Crippen LogP contribution in [0.5, 0.6) is 0 Å². The average molecular weight is 340 g/mol. The Hall–Kier alpha value is -0.410.